The third-order valence-corrected chi connectivity index (χ3v) is 14.2. The van der Waals surface area contributed by atoms with Crippen molar-refractivity contribution >= 4 is 11.8 Å². The maximum Gasteiger partial charge on any atom is 0.330 e. The van der Waals surface area contributed by atoms with Gasteiger partial charge in [0.25, 0.3) is 0 Å². The Bertz CT molecular complexity index is 2420. The molecule has 0 bridgehead atoms. The molecule has 15 heteroatoms. The summed E-state index contributed by atoms with van der Waals surface area (Å²) in [5, 5.41) is 0. The lowest BCUT2D eigenvalue weighted by Crippen LogP contribution is -2.52. The van der Waals surface area contributed by atoms with Crippen LogP contribution in [0.4, 0.5) is 0 Å². The molecule has 0 N–H and O–H groups in total. The topological polar surface area (TPSA) is 136 Å². The van der Waals surface area contributed by atoms with Gasteiger partial charge < -0.3 is 61.1 Å². The van der Waals surface area contributed by atoms with E-state index in [1.807, 2.05) is 24.3 Å². The zero-order valence-electron chi connectivity index (χ0n) is 42.6. The van der Waals surface area contributed by atoms with E-state index in [4.69, 9.17) is 52.1 Å². The first kappa shape index (κ1) is 52.1. The van der Waals surface area contributed by atoms with E-state index >= 15 is 0 Å². The lowest BCUT2D eigenvalue weighted by molar-refractivity contribution is -0.941. The number of hydrogen-bond donors (Lipinski definition) is 0. The number of nitrogens with zero attached hydrogens (tertiary/aromatic N) is 2. The number of carbonyl (C=O) groups is 2. The largest absolute Gasteiger partial charge is 0.493 e. The predicted molar refractivity (Wildman–Crippen MR) is 262 cm³/mol. The number of hydrogen-bond acceptors (Lipinski definition) is 13. The van der Waals surface area contributed by atoms with Crippen LogP contribution in [-0.4, -0.2) is 139 Å². The van der Waals surface area contributed by atoms with Crippen LogP contribution < -0.4 is 47.4 Å². The number of rotatable bonds is 24. The Morgan fingerprint density at radius 3 is 1.25 bits per heavy atom. The molecule has 0 saturated carbocycles. The van der Waals surface area contributed by atoms with Crippen LogP contribution >= 0.6 is 0 Å². The molecule has 4 aromatic carbocycles. The summed E-state index contributed by atoms with van der Waals surface area (Å²) in [5.41, 5.74) is 6.79. The van der Waals surface area contributed by atoms with Crippen molar-refractivity contribution < 1.29 is 70.7 Å². The van der Waals surface area contributed by atoms with Gasteiger partial charge in [0.15, 0.2) is 51.8 Å². The van der Waals surface area contributed by atoms with E-state index in [0.717, 1.165) is 50.1 Å². The summed E-state index contributed by atoms with van der Waals surface area (Å²) in [7, 11) is 20.7. The standard InChI is InChI=1S/C54H72N2O13/c1-55(22-18-37-31-44(59-3)46(61-5)33-40(37)42(55)25-35-27-48(63-7)53(67-11)49(28-35)64-8)20-13-15-39(57)16-17-52(58)69-24-14-21-56(2)23-19-38-32-45(60-4)47(62-6)34-41(38)43(56)26-36-29-50(65-9)54(68-12)51(30-36)66-10/h16-17,27-34,42-43H,13-15,18-26H2,1-12H3/q+2/b17-16-/t42-,43-,55-,56-/m1/s1. The number of methoxy groups -OCH3 is 10. The van der Waals surface area contributed by atoms with E-state index in [2.05, 4.69) is 38.4 Å². The molecule has 0 fully saturated rings. The fourth-order valence-electron chi connectivity index (χ4n) is 10.3. The van der Waals surface area contributed by atoms with E-state index in [1.165, 1.54) is 34.4 Å². The number of fused-ring (bicyclic) bond motifs is 2. The lowest BCUT2D eigenvalue weighted by Gasteiger charge is -2.46. The van der Waals surface area contributed by atoms with Gasteiger partial charge in [0.1, 0.15) is 12.1 Å². The normalized spacial score (nSPS) is 19.4. The van der Waals surface area contributed by atoms with Crippen molar-refractivity contribution in [3.8, 4) is 57.5 Å². The first-order chi connectivity index (χ1) is 33.2. The highest BCUT2D eigenvalue weighted by Gasteiger charge is 2.42. The number of ketones is 1. The maximum absolute atomic E-state index is 13.3. The molecule has 0 saturated heterocycles. The molecule has 2 aliphatic rings. The number of quaternary nitrogens is 2. The van der Waals surface area contributed by atoms with Crippen molar-refractivity contribution in [1.29, 1.82) is 0 Å². The monoisotopic (exact) mass is 957 g/mol. The zero-order valence-corrected chi connectivity index (χ0v) is 42.6. The van der Waals surface area contributed by atoms with Crippen LogP contribution in [0.2, 0.25) is 0 Å². The van der Waals surface area contributed by atoms with Crippen LogP contribution in [0, 0.1) is 0 Å². The minimum Gasteiger partial charge on any atom is -0.493 e. The summed E-state index contributed by atoms with van der Waals surface area (Å²) in [4.78, 5) is 26.3. The van der Waals surface area contributed by atoms with E-state index in [9.17, 15) is 9.59 Å². The number of likely N-dealkylation sites (N-methyl/N-ethyl adjacent to an activating group) is 2. The van der Waals surface area contributed by atoms with Gasteiger partial charge in [-0.05, 0) is 76.9 Å². The number of ether oxygens (including phenoxy) is 11. The van der Waals surface area contributed by atoms with Crippen molar-refractivity contribution in [1.82, 2.24) is 0 Å². The van der Waals surface area contributed by atoms with Gasteiger partial charge in [-0.3, -0.25) is 4.79 Å². The second-order valence-electron chi connectivity index (χ2n) is 18.1. The van der Waals surface area contributed by atoms with Crippen molar-refractivity contribution in [2.45, 2.75) is 57.0 Å². The molecule has 0 spiro atoms. The second-order valence-corrected chi connectivity index (χ2v) is 18.1. The van der Waals surface area contributed by atoms with Crippen molar-refractivity contribution in [2.75, 3.05) is 118 Å². The molecule has 6 rings (SSSR count). The first-order valence-electron chi connectivity index (χ1n) is 23.4. The quantitative estimate of drug-likeness (QED) is 0.0292. The van der Waals surface area contributed by atoms with Crippen LogP contribution in [0.3, 0.4) is 0 Å². The van der Waals surface area contributed by atoms with Crippen LogP contribution in [0.1, 0.15) is 64.7 Å². The Morgan fingerprint density at radius 2 is 0.870 bits per heavy atom. The molecule has 15 nitrogen and oxygen atoms in total. The number of benzene rings is 4. The Kier molecular flexibility index (Phi) is 17.6. The molecule has 374 valence electrons. The fraction of sp³-hybridized carbons (Fsp3) is 0.481. The highest BCUT2D eigenvalue weighted by molar-refractivity contribution is 5.95. The minimum atomic E-state index is -0.540. The molecule has 2 heterocycles. The molecular weight excluding hydrogens is 885 g/mol. The molecule has 0 unspecified atom stereocenters. The van der Waals surface area contributed by atoms with Crippen molar-refractivity contribution in [3.63, 3.8) is 0 Å². The molecule has 4 aromatic rings. The van der Waals surface area contributed by atoms with E-state index in [-0.39, 0.29) is 30.9 Å². The Balaban J connectivity index is 1.10. The third kappa shape index (κ3) is 11.6. The van der Waals surface area contributed by atoms with Gasteiger partial charge >= 0.3 is 5.97 Å². The Labute approximate surface area is 407 Å². The maximum atomic E-state index is 13.3. The van der Waals surface area contributed by atoms with Crippen molar-refractivity contribution in [2.24, 2.45) is 0 Å². The molecule has 0 radical (unpaired) electrons. The first-order valence-corrected chi connectivity index (χ1v) is 23.4. The van der Waals surface area contributed by atoms with Crippen molar-refractivity contribution in [3.05, 3.63) is 94.1 Å². The molecule has 0 aliphatic carbocycles. The highest BCUT2D eigenvalue weighted by Crippen LogP contribution is 2.47. The van der Waals surface area contributed by atoms with E-state index < -0.39 is 5.97 Å². The fourth-order valence-corrected chi connectivity index (χ4v) is 10.3. The smallest absolute Gasteiger partial charge is 0.330 e. The van der Waals surface area contributed by atoms with Crippen LogP contribution in [0.25, 0.3) is 0 Å². The molecular formula is C54H72N2O13+2. The van der Waals surface area contributed by atoms with E-state index in [1.54, 1.807) is 71.1 Å². The predicted octanol–water partition coefficient (Wildman–Crippen LogP) is 7.88. The van der Waals surface area contributed by atoms with Gasteiger partial charge in [-0.25, -0.2) is 4.79 Å². The SMILES string of the molecule is COc1cc2c(cc1OC)[C@@H](Cc1cc(OC)c(OC)c(OC)c1)[N@+](C)(CCCOC(=O)/C=C\C(=O)CCC[N@+]1(C)CCc3cc(OC)c(OC)cc3[C@H]1Cc1cc(OC)c(OC)c(OC)c1)CC2. The Hall–Kier alpha value is -6.32. The van der Waals surface area contributed by atoms with Gasteiger partial charge in [0.05, 0.1) is 118 Å². The minimum absolute atomic E-state index is 0.0114. The summed E-state index contributed by atoms with van der Waals surface area (Å²) in [6, 6.07) is 16.3. The van der Waals surface area contributed by atoms with Gasteiger partial charge in [-0.1, -0.05) is 0 Å². The van der Waals surface area contributed by atoms with Gasteiger partial charge in [-0.15, -0.1) is 0 Å². The average Bonchev–Trinajstić information content (AvgIpc) is 3.37. The van der Waals surface area contributed by atoms with Gasteiger partial charge in [-0.2, -0.15) is 0 Å². The van der Waals surface area contributed by atoms with Crippen LogP contribution in [-0.2, 0) is 40.0 Å². The zero-order chi connectivity index (χ0) is 49.9. The summed E-state index contributed by atoms with van der Waals surface area (Å²) in [6.45, 7) is 3.39. The van der Waals surface area contributed by atoms with Gasteiger partial charge in [0.2, 0.25) is 11.5 Å². The molecule has 4 atom stereocenters. The van der Waals surface area contributed by atoms with Crippen LogP contribution in [0.5, 0.6) is 57.5 Å². The molecule has 2 aliphatic heterocycles. The van der Waals surface area contributed by atoms with E-state index in [0.29, 0.717) is 92.1 Å². The molecule has 0 aromatic heterocycles. The Morgan fingerprint density at radius 1 is 0.493 bits per heavy atom. The second kappa shape index (κ2) is 23.3. The highest BCUT2D eigenvalue weighted by atomic mass is 16.5. The number of allylic oxidation sites excluding steroid dienone is 1. The number of esters is 1. The summed E-state index contributed by atoms with van der Waals surface area (Å²) >= 11 is 0. The van der Waals surface area contributed by atoms with Crippen LogP contribution in [0.15, 0.2) is 60.7 Å². The average molecular weight is 957 g/mol. The molecule has 69 heavy (non-hydrogen) atoms. The summed E-state index contributed by atoms with van der Waals surface area (Å²) in [5.74, 6) is 5.49. The third-order valence-electron chi connectivity index (χ3n) is 14.2. The lowest BCUT2D eigenvalue weighted by atomic mass is 9.86. The van der Waals surface area contributed by atoms with Gasteiger partial charge in [0, 0.05) is 62.1 Å². The number of carbonyl (C=O) groups excluding carboxylic acids is 2. The summed E-state index contributed by atoms with van der Waals surface area (Å²) in [6.07, 6.45) is 7.14. The molecule has 0 amide bonds. The summed E-state index contributed by atoms with van der Waals surface area (Å²) < 4.78 is 64.0.